The van der Waals surface area contributed by atoms with Crippen LogP contribution in [0, 0.1) is 5.82 Å². The van der Waals surface area contributed by atoms with E-state index in [9.17, 15) is 9.18 Å². The molecule has 5 N–H and O–H groups in total. The summed E-state index contributed by atoms with van der Waals surface area (Å²) in [6.07, 6.45) is 3.19. The van der Waals surface area contributed by atoms with Crippen molar-refractivity contribution < 1.29 is 9.18 Å². The highest BCUT2D eigenvalue weighted by Crippen LogP contribution is 2.20. The fourth-order valence-electron chi connectivity index (χ4n) is 2.38. The molecule has 0 bridgehead atoms. The minimum atomic E-state index is -0.329. The third-order valence-electron chi connectivity index (χ3n) is 3.62. The Kier molecular flexibility index (Phi) is 5.36. The van der Waals surface area contributed by atoms with Crippen LogP contribution in [0.3, 0.4) is 0 Å². The Morgan fingerprint density at radius 1 is 1.00 bits per heavy atom. The number of amides is 1. The molecule has 2 aromatic carbocycles. The van der Waals surface area contributed by atoms with Crippen LogP contribution in [0.2, 0.25) is 0 Å². The predicted molar refractivity (Wildman–Crippen MR) is 102 cm³/mol. The van der Waals surface area contributed by atoms with Crippen molar-refractivity contribution in [1.29, 1.82) is 0 Å². The SMILES string of the molecule is NC(N)=Nc1cnc(-c2ccc(NC(=O)Cc3ccc(F)cc3)cc2)cn1. The summed E-state index contributed by atoms with van der Waals surface area (Å²) in [4.78, 5) is 24.3. The summed E-state index contributed by atoms with van der Waals surface area (Å²) < 4.78 is 12.9. The Balaban J connectivity index is 1.63. The van der Waals surface area contributed by atoms with Gasteiger partial charge in [-0.15, -0.1) is 0 Å². The number of guanidine groups is 1. The van der Waals surface area contributed by atoms with E-state index in [1.165, 1.54) is 18.3 Å². The first-order chi connectivity index (χ1) is 13.0. The first kappa shape index (κ1) is 18.0. The summed E-state index contributed by atoms with van der Waals surface area (Å²) in [7, 11) is 0. The number of nitrogens with one attached hydrogen (secondary N) is 1. The Morgan fingerprint density at radius 3 is 2.30 bits per heavy atom. The lowest BCUT2D eigenvalue weighted by Crippen LogP contribution is -2.22. The molecule has 0 saturated carbocycles. The molecule has 0 fully saturated rings. The zero-order valence-corrected chi connectivity index (χ0v) is 14.3. The lowest BCUT2D eigenvalue weighted by Gasteiger charge is -2.07. The van der Waals surface area contributed by atoms with Gasteiger partial charge < -0.3 is 16.8 Å². The lowest BCUT2D eigenvalue weighted by atomic mass is 10.1. The zero-order chi connectivity index (χ0) is 19.2. The van der Waals surface area contributed by atoms with E-state index in [0.717, 1.165) is 11.1 Å². The molecule has 0 radical (unpaired) electrons. The van der Waals surface area contributed by atoms with Gasteiger partial charge in [0, 0.05) is 11.3 Å². The van der Waals surface area contributed by atoms with Crippen molar-refractivity contribution in [3.05, 3.63) is 72.3 Å². The van der Waals surface area contributed by atoms with Gasteiger partial charge in [-0.2, -0.15) is 4.99 Å². The molecule has 0 saturated heterocycles. The Hall–Kier alpha value is -3.81. The molecule has 0 aliphatic carbocycles. The number of carbonyl (C=O) groups excluding carboxylic acids is 1. The number of rotatable bonds is 5. The molecule has 8 heteroatoms. The van der Waals surface area contributed by atoms with E-state index >= 15 is 0 Å². The number of benzene rings is 2. The maximum Gasteiger partial charge on any atom is 0.228 e. The fraction of sp³-hybridized carbons (Fsp3) is 0.0526. The summed E-state index contributed by atoms with van der Waals surface area (Å²) >= 11 is 0. The van der Waals surface area contributed by atoms with Crippen molar-refractivity contribution in [3.8, 4) is 11.3 Å². The molecule has 3 rings (SSSR count). The highest BCUT2D eigenvalue weighted by atomic mass is 19.1. The molecule has 7 nitrogen and oxygen atoms in total. The molecule has 1 amide bonds. The van der Waals surface area contributed by atoms with Crippen LogP contribution in [0.1, 0.15) is 5.56 Å². The second-order valence-corrected chi connectivity index (χ2v) is 5.73. The quantitative estimate of drug-likeness (QED) is 0.474. The van der Waals surface area contributed by atoms with Crippen LogP contribution in [0.5, 0.6) is 0 Å². The number of nitrogens with zero attached hydrogens (tertiary/aromatic N) is 3. The van der Waals surface area contributed by atoms with Gasteiger partial charge in [-0.05, 0) is 29.8 Å². The van der Waals surface area contributed by atoms with E-state index in [1.54, 1.807) is 30.5 Å². The maximum absolute atomic E-state index is 12.9. The molecule has 3 aromatic rings. The number of aliphatic imine (C=N–C) groups is 1. The second-order valence-electron chi connectivity index (χ2n) is 5.73. The van der Waals surface area contributed by atoms with Crippen LogP contribution in [0.4, 0.5) is 15.9 Å². The third-order valence-corrected chi connectivity index (χ3v) is 3.62. The highest BCUT2D eigenvalue weighted by molar-refractivity contribution is 5.92. The molecule has 1 aromatic heterocycles. The molecule has 1 heterocycles. The average molecular weight is 364 g/mol. The van der Waals surface area contributed by atoms with Crippen molar-refractivity contribution in [2.75, 3.05) is 5.32 Å². The second kappa shape index (κ2) is 8.05. The Labute approximate surface area is 155 Å². The van der Waals surface area contributed by atoms with Crippen molar-refractivity contribution in [3.63, 3.8) is 0 Å². The minimum absolute atomic E-state index is 0.0854. The number of hydrogen-bond acceptors (Lipinski definition) is 4. The van der Waals surface area contributed by atoms with Gasteiger partial charge in [0.1, 0.15) is 5.82 Å². The van der Waals surface area contributed by atoms with Gasteiger partial charge in [-0.1, -0.05) is 24.3 Å². The van der Waals surface area contributed by atoms with Crippen LogP contribution in [-0.4, -0.2) is 21.8 Å². The molecule has 27 heavy (non-hydrogen) atoms. The lowest BCUT2D eigenvalue weighted by molar-refractivity contribution is -0.115. The third kappa shape index (κ3) is 5.08. The summed E-state index contributed by atoms with van der Waals surface area (Å²) in [5, 5.41) is 2.80. The topological polar surface area (TPSA) is 119 Å². The van der Waals surface area contributed by atoms with Gasteiger partial charge in [0.25, 0.3) is 0 Å². The van der Waals surface area contributed by atoms with Crippen molar-refractivity contribution in [2.45, 2.75) is 6.42 Å². The van der Waals surface area contributed by atoms with E-state index < -0.39 is 0 Å². The number of hydrogen-bond donors (Lipinski definition) is 3. The Bertz CT molecular complexity index is 949. The maximum atomic E-state index is 12.9. The van der Waals surface area contributed by atoms with Crippen molar-refractivity contribution in [2.24, 2.45) is 16.5 Å². The number of halogens is 1. The van der Waals surface area contributed by atoms with Gasteiger partial charge in [-0.25, -0.2) is 9.37 Å². The van der Waals surface area contributed by atoms with Gasteiger partial charge in [0.05, 0.1) is 24.5 Å². The number of aromatic nitrogens is 2. The Morgan fingerprint density at radius 2 is 1.70 bits per heavy atom. The molecule has 0 spiro atoms. The fourth-order valence-corrected chi connectivity index (χ4v) is 2.38. The van der Waals surface area contributed by atoms with E-state index in [0.29, 0.717) is 17.2 Å². The summed E-state index contributed by atoms with van der Waals surface area (Å²) in [6, 6.07) is 13.0. The van der Waals surface area contributed by atoms with Crippen molar-refractivity contribution in [1.82, 2.24) is 9.97 Å². The number of anilines is 1. The van der Waals surface area contributed by atoms with E-state index in [4.69, 9.17) is 11.5 Å². The first-order valence-corrected chi connectivity index (χ1v) is 8.06. The largest absolute Gasteiger partial charge is 0.370 e. The molecular formula is C19H17FN6O. The van der Waals surface area contributed by atoms with Crippen molar-refractivity contribution >= 4 is 23.4 Å². The monoisotopic (exact) mass is 364 g/mol. The smallest absolute Gasteiger partial charge is 0.228 e. The number of carbonyl (C=O) groups is 1. The molecule has 0 aliphatic rings. The van der Waals surface area contributed by atoms with Crippen LogP contribution in [0.25, 0.3) is 11.3 Å². The van der Waals surface area contributed by atoms with Crippen LogP contribution in [0.15, 0.2) is 65.9 Å². The number of nitrogens with two attached hydrogens (primary N) is 2. The minimum Gasteiger partial charge on any atom is -0.370 e. The first-order valence-electron chi connectivity index (χ1n) is 8.06. The standard InChI is InChI=1S/C19H17FN6O/c20-14-5-1-12(2-6-14)9-18(27)25-15-7-3-13(4-8-15)16-10-24-17(11-23-16)26-19(21)22/h1-8,10-11H,9H2,(H,25,27)(H4,21,22,24,26). The van der Waals surface area contributed by atoms with Gasteiger partial charge in [-0.3, -0.25) is 9.78 Å². The molecular weight excluding hydrogens is 347 g/mol. The molecule has 136 valence electrons. The van der Waals surface area contributed by atoms with E-state index in [2.05, 4.69) is 20.3 Å². The van der Waals surface area contributed by atoms with Crippen LogP contribution in [-0.2, 0) is 11.2 Å². The van der Waals surface area contributed by atoms with Gasteiger partial charge >= 0.3 is 0 Å². The highest BCUT2D eigenvalue weighted by Gasteiger charge is 2.06. The predicted octanol–water partition coefficient (Wildman–Crippen LogP) is 2.37. The summed E-state index contributed by atoms with van der Waals surface area (Å²) in [5.41, 5.74) is 13.5. The zero-order valence-electron chi connectivity index (χ0n) is 14.3. The molecule has 0 aliphatic heterocycles. The van der Waals surface area contributed by atoms with Crippen LogP contribution < -0.4 is 16.8 Å². The molecule has 0 unspecified atom stereocenters. The normalized spacial score (nSPS) is 10.3. The van der Waals surface area contributed by atoms with Gasteiger partial charge in [0.15, 0.2) is 11.8 Å². The van der Waals surface area contributed by atoms with Gasteiger partial charge in [0.2, 0.25) is 5.91 Å². The summed E-state index contributed by atoms with van der Waals surface area (Å²) in [5.74, 6) is -0.277. The average Bonchev–Trinajstić information content (AvgIpc) is 2.64. The van der Waals surface area contributed by atoms with E-state index in [-0.39, 0.29) is 24.1 Å². The van der Waals surface area contributed by atoms with E-state index in [1.807, 2.05) is 12.1 Å². The summed E-state index contributed by atoms with van der Waals surface area (Å²) in [6.45, 7) is 0. The van der Waals surface area contributed by atoms with Crippen LogP contribution >= 0.6 is 0 Å². The molecule has 0 atom stereocenters.